The molecule has 1 fully saturated rings. The van der Waals surface area contributed by atoms with Crippen LogP contribution in [0.2, 0.25) is 0 Å². The van der Waals surface area contributed by atoms with E-state index in [1.54, 1.807) is 0 Å². The molecule has 0 radical (unpaired) electrons. The number of carbonyl (C=O) groups is 1. The number of carbonyl (C=O) groups excluding carboxylic acids is 1. The van der Waals surface area contributed by atoms with Crippen molar-refractivity contribution in [1.82, 2.24) is 0 Å². The molecule has 0 aromatic heterocycles. The number of benzene rings is 1. The van der Waals surface area contributed by atoms with E-state index in [2.05, 4.69) is 15.9 Å². The van der Waals surface area contributed by atoms with Gasteiger partial charge in [0.1, 0.15) is 5.75 Å². The zero-order valence-corrected chi connectivity index (χ0v) is 12.3. The van der Waals surface area contributed by atoms with E-state index < -0.39 is 0 Å². The smallest absolute Gasteiger partial charge is 0.240 e. The number of hydrogen-bond donors (Lipinski definition) is 0. The molecular formula is C14H18BrNO2. The number of piperidine rings is 1. The lowest BCUT2D eigenvalue weighted by Gasteiger charge is -2.29. The maximum Gasteiger partial charge on any atom is 0.240 e. The number of hydrogen-bond acceptors (Lipinski definition) is 2. The first-order chi connectivity index (χ1) is 8.58. The van der Waals surface area contributed by atoms with E-state index in [1.165, 1.54) is 0 Å². The van der Waals surface area contributed by atoms with Crippen molar-refractivity contribution >= 4 is 27.5 Å². The molecule has 0 spiro atoms. The molecule has 0 N–H and O–H groups in total. The van der Waals surface area contributed by atoms with Crippen molar-refractivity contribution in [2.24, 2.45) is 0 Å². The topological polar surface area (TPSA) is 29.5 Å². The van der Waals surface area contributed by atoms with Gasteiger partial charge in [0.05, 0.1) is 10.9 Å². The second kappa shape index (κ2) is 5.74. The van der Waals surface area contributed by atoms with Crippen LogP contribution in [0.5, 0.6) is 5.75 Å². The van der Waals surface area contributed by atoms with E-state index in [0.29, 0.717) is 0 Å². The molecule has 1 aromatic carbocycles. The Hall–Kier alpha value is -1.03. The van der Waals surface area contributed by atoms with Crippen LogP contribution in [0.1, 0.15) is 26.7 Å². The van der Waals surface area contributed by atoms with Crippen LogP contribution in [0.4, 0.5) is 5.69 Å². The molecule has 98 valence electrons. The Labute approximate surface area is 116 Å². The molecular weight excluding hydrogens is 294 g/mol. The van der Waals surface area contributed by atoms with Crippen LogP contribution in [0, 0.1) is 0 Å². The minimum atomic E-state index is -0.0437. The van der Waals surface area contributed by atoms with Gasteiger partial charge in [-0.25, -0.2) is 0 Å². The lowest BCUT2D eigenvalue weighted by Crippen LogP contribution is -2.41. The summed E-state index contributed by atoms with van der Waals surface area (Å²) in [6, 6.07) is 7.72. The van der Waals surface area contributed by atoms with Crippen LogP contribution in [0.15, 0.2) is 24.3 Å². The molecule has 1 aliphatic heterocycles. The summed E-state index contributed by atoms with van der Waals surface area (Å²) in [5.41, 5.74) is 0.945. The number of ether oxygens (including phenoxy) is 1. The zero-order valence-electron chi connectivity index (χ0n) is 10.7. The molecule has 3 nitrogen and oxygen atoms in total. The largest absolute Gasteiger partial charge is 0.491 e. The summed E-state index contributed by atoms with van der Waals surface area (Å²) in [5.74, 6) is 0.993. The summed E-state index contributed by atoms with van der Waals surface area (Å²) in [6.45, 7) is 4.79. The Balaban J connectivity index is 2.11. The molecule has 1 aromatic rings. The SMILES string of the molecule is CC(C)Oc1ccc(N2CCCC(Br)C2=O)cc1. The number of alkyl halides is 1. The number of nitrogens with zero attached hydrogens (tertiary/aromatic N) is 1. The zero-order chi connectivity index (χ0) is 13.1. The summed E-state index contributed by atoms with van der Waals surface area (Å²) in [6.07, 6.45) is 2.12. The van der Waals surface area contributed by atoms with Crippen molar-refractivity contribution in [3.63, 3.8) is 0 Å². The van der Waals surface area contributed by atoms with Crippen molar-refractivity contribution in [3.05, 3.63) is 24.3 Å². The minimum absolute atomic E-state index is 0.0437. The van der Waals surface area contributed by atoms with E-state index in [-0.39, 0.29) is 16.8 Å². The highest BCUT2D eigenvalue weighted by molar-refractivity contribution is 9.10. The fraction of sp³-hybridized carbons (Fsp3) is 0.500. The van der Waals surface area contributed by atoms with Gasteiger partial charge < -0.3 is 9.64 Å². The van der Waals surface area contributed by atoms with Gasteiger partial charge >= 0.3 is 0 Å². The van der Waals surface area contributed by atoms with E-state index in [1.807, 2.05) is 43.0 Å². The van der Waals surface area contributed by atoms with Crippen LogP contribution in [0.3, 0.4) is 0 Å². The monoisotopic (exact) mass is 311 g/mol. The highest BCUT2D eigenvalue weighted by atomic mass is 79.9. The Morgan fingerprint density at radius 2 is 2.00 bits per heavy atom. The van der Waals surface area contributed by atoms with Crippen LogP contribution in [0.25, 0.3) is 0 Å². The highest BCUT2D eigenvalue weighted by Crippen LogP contribution is 2.26. The van der Waals surface area contributed by atoms with Gasteiger partial charge in [-0.2, -0.15) is 0 Å². The maximum absolute atomic E-state index is 12.0. The molecule has 0 saturated carbocycles. The van der Waals surface area contributed by atoms with Gasteiger partial charge in [-0.1, -0.05) is 15.9 Å². The van der Waals surface area contributed by atoms with Crippen molar-refractivity contribution in [3.8, 4) is 5.75 Å². The second-order valence-electron chi connectivity index (χ2n) is 4.76. The van der Waals surface area contributed by atoms with Gasteiger partial charge in [0.15, 0.2) is 0 Å². The standard InChI is InChI=1S/C14H18BrNO2/c1-10(2)18-12-7-5-11(6-8-12)16-9-3-4-13(15)14(16)17/h5-8,10,13H,3-4,9H2,1-2H3. The van der Waals surface area contributed by atoms with E-state index in [0.717, 1.165) is 30.8 Å². The van der Waals surface area contributed by atoms with Gasteiger partial charge in [0.2, 0.25) is 5.91 Å². The molecule has 1 amide bonds. The Morgan fingerprint density at radius 3 is 2.61 bits per heavy atom. The van der Waals surface area contributed by atoms with E-state index in [4.69, 9.17) is 4.74 Å². The highest BCUT2D eigenvalue weighted by Gasteiger charge is 2.27. The number of anilines is 1. The molecule has 0 bridgehead atoms. The van der Waals surface area contributed by atoms with E-state index >= 15 is 0 Å². The number of halogens is 1. The molecule has 18 heavy (non-hydrogen) atoms. The Bertz CT molecular complexity index is 416. The van der Waals surface area contributed by atoms with Crippen molar-refractivity contribution in [2.45, 2.75) is 37.6 Å². The van der Waals surface area contributed by atoms with Gasteiger partial charge in [-0.15, -0.1) is 0 Å². The first-order valence-corrected chi connectivity index (χ1v) is 7.21. The first kappa shape index (κ1) is 13.4. The first-order valence-electron chi connectivity index (χ1n) is 6.30. The average molecular weight is 312 g/mol. The Kier molecular flexibility index (Phi) is 4.27. The van der Waals surface area contributed by atoms with Crippen molar-refractivity contribution in [1.29, 1.82) is 0 Å². The summed E-state index contributed by atoms with van der Waals surface area (Å²) >= 11 is 3.42. The maximum atomic E-state index is 12.0. The van der Waals surface area contributed by atoms with Crippen LogP contribution < -0.4 is 9.64 Å². The van der Waals surface area contributed by atoms with E-state index in [9.17, 15) is 4.79 Å². The Morgan fingerprint density at radius 1 is 1.33 bits per heavy atom. The molecule has 2 rings (SSSR count). The molecule has 1 saturated heterocycles. The van der Waals surface area contributed by atoms with Crippen LogP contribution in [-0.4, -0.2) is 23.4 Å². The predicted octanol–water partition coefficient (Wildman–Crippen LogP) is 3.36. The third-order valence-electron chi connectivity index (χ3n) is 2.89. The summed E-state index contributed by atoms with van der Waals surface area (Å²) < 4.78 is 5.59. The molecule has 1 atom stereocenters. The fourth-order valence-corrected chi connectivity index (χ4v) is 2.64. The molecule has 1 unspecified atom stereocenters. The third-order valence-corrected chi connectivity index (χ3v) is 3.74. The predicted molar refractivity (Wildman–Crippen MR) is 76.5 cm³/mol. The van der Waals surface area contributed by atoms with Crippen LogP contribution >= 0.6 is 15.9 Å². The van der Waals surface area contributed by atoms with Crippen molar-refractivity contribution in [2.75, 3.05) is 11.4 Å². The van der Waals surface area contributed by atoms with Crippen LogP contribution in [-0.2, 0) is 4.79 Å². The summed E-state index contributed by atoms with van der Waals surface area (Å²) in [4.78, 5) is 13.8. The van der Waals surface area contributed by atoms with Gasteiger partial charge in [0, 0.05) is 12.2 Å². The second-order valence-corrected chi connectivity index (χ2v) is 5.87. The van der Waals surface area contributed by atoms with Gasteiger partial charge in [-0.05, 0) is 51.0 Å². The lowest BCUT2D eigenvalue weighted by molar-refractivity contribution is -0.118. The van der Waals surface area contributed by atoms with Gasteiger partial charge in [-0.3, -0.25) is 4.79 Å². The molecule has 4 heteroatoms. The number of rotatable bonds is 3. The normalized spacial score (nSPS) is 20.3. The third kappa shape index (κ3) is 3.05. The minimum Gasteiger partial charge on any atom is -0.491 e. The fourth-order valence-electron chi connectivity index (χ4n) is 2.06. The van der Waals surface area contributed by atoms with Gasteiger partial charge in [0.25, 0.3) is 0 Å². The van der Waals surface area contributed by atoms with Crippen molar-refractivity contribution < 1.29 is 9.53 Å². The quantitative estimate of drug-likeness (QED) is 0.801. The average Bonchev–Trinajstić information content (AvgIpc) is 2.33. The molecule has 1 aliphatic rings. The number of amides is 1. The summed E-state index contributed by atoms with van der Waals surface area (Å²) in [7, 11) is 0. The molecule has 0 aliphatic carbocycles. The molecule has 1 heterocycles. The lowest BCUT2D eigenvalue weighted by atomic mass is 10.1. The summed E-state index contributed by atoms with van der Waals surface area (Å²) in [5, 5.41) is 0.